The summed E-state index contributed by atoms with van der Waals surface area (Å²) >= 11 is 5.93. The summed E-state index contributed by atoms with van der Waals surface area (Å²) in [5.41, 5.74) is 4.38. The quantitative estimate of drug-likeness (QED) is 0.616. The second kappa shape index (κ2) is 9.39. The van der Waals surface area contributed by atoms with Crippen LogP contribution in [0.15, 0.2) is 65.8 Å². The number of carbonyl (C=O) groups is 2. The number of hydrogen-bond acceptors (Lipinski definition) is 3. The number of allylic oxidation sites excluding steroid dienone is 1. The smallest absolute Gasteiger partial charge is 0.259 e. The van der Waals surface area contributed by atoms with E-state index < -0.39 is 11.8 Å². The summed E-state index contributed by atoms with van der Waals surface area (Å²) in [6, 6.07) is 16.4. The summed E-state index contributed by atoms with van der Waals surface area (Å²) in [7, 11) is 0. The molecule has 0 saturated heterocycles. The minimum Gasteiger partial charge on any atom is -0.343 e. The van der Waals surface area contributed by atoms with E-state index in [2.05, 4.69) is 15.8 Å². The maximum absolute atomic E-state index is 11.9. The molecular formula is C19H18ClN3O2. The van der Waals surface area contributed by atoms with Gasteiger partial charge in [0.2, 0.25) is 0 Å². The molecule has 0 aliphatic rings. The molecule has 0 aliphatic carbocycles. The van der Waals surface area contributed by atoms with Gasteiger partial charge < -0.3 is 5.32 Å². The lowest BCUT2D eigenvalue weighted by Gasteiger charge is -2.05. The number of nitrogens with zero attached hydrogens (tertiary/aromatic N) is 1. The van der Waals surface area contributed by atoms with Crippen LogP contribution in [0.1, 0.15) is 22.8 Å². The zero-order valence-electron chi connectivity index (χ0n) is 13.7. The van der Waals surface area contributed by atoms with E-state index in [9.17, 15) is 9.59 Å². The Kier molecular flexibility index (Phi) is 6.92. The first-order chi connectivity index (χ1) is 12.1. The molecule has 128 valence electrons. The molecule has 0 fully saturated rings. The third-order valence-corrected chi connectivity index (χ3v) is 3.53. The van der Waals surface area contributed by atoms with Crippen LogP contribution in [0.2, 0.25) is 5.02 Å². The molecule has 0 atom stereocenters. The molecule has 0 heterocycles. The van der Waals surface area contributed by atoms with E-state index in [1.807, 2.05) is 36.4 Å². The molecule has 0 aliphatic heterocycles. The lowest BCUT2D eigenvalue weighted by molar-refractivity contribution is -0.120. The normalized spacial score (nSPS) is 11.4. The van der Waals surface area contributed by atoms with Crippen molar-refractivity contribution in [3.63, 3.8) is 0 Å². The molecule has 2 rings (SSSR count). The fraction of sp³-hybridized carbons (Fsp3) is 0.105. The highest BCUT2D eigenvalue weighted by Gasteiger charge is 2.10. The predicted molar refractivity (Wildman–Crippen MR) is 101 cm³/mol. The molecule has 0 radical (unpaired) electrons. The van der Waals surface area contributed by atoms with Gasteiger partial charge in [0, 0.05) is 0 Å². The molecule has 25 heavy (non-hydrogen) atoms. The Morgan fingerprint density at radius 2 is 1.76 bits per heavy atom. The molecule has 0 bridgehead atoms. The van der Waals surface area contributed by atoms with E-state index in [1.165, 1.54) is 0 Å². The highest BCUT2D eigenvalue weighted by molar-refractivity contribution is 6.33. The monoisotopic (exact) mass is 355 g/mol. The topological polar surface area (TPSA) is 70.6 Å². The molecule has 2 aromatic rings. The van der Waals surface area contributed by atoms with Crippen molar-refractivity contribution in [1.29, 1.82) is 0 Å². The van der Waals surface area contributed by atoms with E-state index >= 15 is 0 Å². The van der Waals surface area contributed by atoms with Gasteiger partial charge in [-0.1, -0.05) is 60.1 Å². The van der Waals surface area contributed by atoms with Crippen molar-refractivity contribution in [1.82, 2.24) is 10.7 Å². The fourth-order valence-electron chi connectivity index (χ4n) is 1.91. The van der Waals surface area contributed by atoms with Gasteiger partial charge in [0.1, 0.15) is 0 Å². The third kappa shape index (κ3) is 6.24. The van der Waals surface area contributed by atoms with Crippen LogP contribution in [0.5, 0.6) is 0 Å². The van der Waals surface area contributed by atoms with Crippen molar-refractivity contribution in [2.24, 2.45) is 5.10 Å². The van der Waals surface area contributed by atoms with Gasteiger partial charge in [-0.15, -0.1) is 0 Å². The van der Waals surface area contributed by atoms with Crippen LogP contribution in [0.25, 0.3) is 6.08 Å². The average molecular weight is 356 g/mol. The van der Waals surface area contributed by atoms with Gasteiger partial charge in [-0.05, 0) is 30.7 Å². The highest BCUT2D eigenvalue weighted by Crippen LogP contribution is 2.14. The summed E-state index contributed by atoms with van der Waals surface area (Å²) in [6.07, 6.45) is 3.68. The van der Waals surface area contributed by atoms with Crippen molar-refractivity contribution in [2.75, 3.05) is 6.54 Å². The second-order valence-electron chi connectivity index (χ2n) is 5.19. The summed E-state index contributed by atoms with van der Waals surface area (Å²) in [5.74, 6) is -0.835. The van der Waals surface area contributed by atoms with Gasteiger partial charge in [0.05, 0.1) is 22.8 Å². The van der Waals surface area contributed by atoms with Gasteiger partial charge in [-0.3, -0.25) is 9.59 Å². The Balaban J connectivity index is 1.81. The summed E-state index contributed by atoms with van der Waals surface area (Å²) in [4.78, 5) is 23.7. The molecule has 5 nitrogen and oxygen atoms in total. The third-order valence-electron chi connectivity index (χ3n) is 3.20. The van der Waals surface area contributed by atoms with Gasteiger partial charge in [0.15, 0.2) is 0 Å². The SMILES string of the molecule is CC(/C=C\c1ccccc1)=NNC(=O)CNC(=O)c1ccccc1Cl. The highest BCUT2D eigenvalue weighted by atomic mass is 35.5. The van der Waals surface area contributed by atoms with Crippen LogP contribution in [0.3, 0.4) is 0 Å². The molecule has 6 heteroatoms. The number of nitrogens with one attached hydrogen (secondary N) is 2. The van der Waals surface area contributed by atoms with Crippen LogP contribution < -0.4 is 10.7 Å². The summed E-state index contributed by atoms with van der Waals surface area (Å²) in [5, 5.41) is 6.79. The lowest BCUT2D eigenvalue weighted by Crippen LogP contribution is -2.35. The van der Waals surface area contributed by atoms with E-state index in [4.69, 9.17) is 11.6 Å². The fourth-order valence-corrected chi connectivity index (χ4v) is 2.13. The van der Waals surface area contributed by atoms with Crippen molar-refractivity contribution in [3.05, 3.63) is 76.8 Å². The average Bonchev–Trinajstić information content (AvgIpc) is 2.64. The number of carbonyl (C=O) groups excluding carboxylic acids is 2. The van der Waals surface area contributed by atoms with E-state index in [0.29, 0.717) is 16.3 Å². The molecule has 0 saturated carbocycles. The molecular weight excluding hydrogens is 338 g/mol. The maximum atomic E-state index is 11.9. The zero-order chi connectivity index (χ0) is 18.1. The van der Waals surface area contributed by atoms with Crippen LogP contribution in [-0.2, 0) is 4.79 Å². The first-order valence-electron chi connectivity index (χ1n) is 7.65. The molecule has 2 aromatic carbocycles. The molecule has 2 N–H and O–H groups in total. The first kappa shape index (κ1) is 18.4. The lowest BCUT2D eigenvalue weighted by atomic mass is 10.2. The Hall–Kier alpha value is -2.92. The standard InChI is InChI=1S/C19H18ClN3O2/c1-14(11-12-15-7-3-2-4-8-15)22-23-18(24)13-21-19(25)16-9-5-6-10-17(16)20/h2-12H,13H2,1H3,(H,21,25)(H,23,24)/b12-11-,22-14?. The van der Waals surface area contributed by atoms with Crippen LogP contribution in [0.4, 0.5) is 0 Å². The molecule has 0 unspecified atom stereocenters. The first-order valence-corrected chi connectivity index (χ1v) is 8.03. The van der Waals surface area contributed by atoms with Gasteiger partial charge in [-0.2, -0.15) is 5.10 Å². The van der Waals surface area contributed by atoms with Crippen LogP contribution in [0, 0.1) is 0 Å². The largest absolute Gasteiger partial charge is 0.343 e. The Morgan fingerprint density at radius 1 is 1.08 bits per heavy atom. The number of rotatable bonds is 6. The van der Waals surface area contributed by atoms with Crippen molar-refractivity contribution in [3.8, 4) is 0 Å². The predicted octanol–water partition coefficient (Wildman–Crippen LogP) is 3.28. The Labute approximate surface area is 151 Å². The number of hydrazone groups is 1. The van der Waals surface area contributed by atoms with Crippen LogP contribution in [-0.4, -0.2) is 24.1 Å². The number of amides is 2. The van der Waals surface area contributed by atoms with Crippen LogP contribution >= 0.6 is 11.6 Å². The van der Waals surface area contributed by atoms with Gasteiger partial charge in [-0.25, -0.2) is 5.43 Å². The van der Waals surface area contributed by atoms with E-state index in [0.717, 1.165) is 5.56 Å². The number of halogens is 1. The summed E-state index contributed by atoms with van der Waals surface area (Å²) in [6.45, 7) is 1.57. The number of benzene rings is 2. The van der Waals surface area contributed by atoms with Crippen molar-refractivity contribution in [2.45, 2.75) is 6.92 Å². The van der Waals surface area contributed by atoms with Crippen molar-refractivity contribution >= 4 is 35.2 Å². The number of hydrogen-bond donors (Lipinski definition) is 2. The Morgan fingerprint density at radius 3 is 2.48 bits per heavy atom. The van der Waals surface area contributed by atoms with Gasteiger partial charge in [0.25, 0.3) is 11.8 Å². The minimum atomic E-state index is -0.423. The minimum absolute atomic E-state index is 0.191. The second-order valence-corrected chi connectivity index (χ2v) is 5.60. The molecule has 0 aromatic heterocycles. The molecule has 2 amide bonds. The zero-order valence-corrected chi connectivity index (χ0v) is 14.5. The Bertz CT molecular complexity index is 801. The van der Waals surface area contributed by atoms with E-state index in [1.54, 1.807) is 37.3 Å². The maximum Gasteiger partial charge on any atom is 0.259 e. The van der Waals surface area contributed by atoms with Gasteiger partial charge >= 0.3 is 0 Å². The molecule has 0 spiro atoms. The van der Waals surface area contributed by atoms with E-state index in [-0.39, 0.29) is 6.54 Å². The van der Waals surface area contributed by atoms with Crippen molar-refractivity contribution < 1.29 is 9.59 Å². The summed E-state index contributed by atoms with van der Waals surface area (Å²) < 4.78 is 0.